The molecule has 1 aromatic rings. The average molecular weight is 349 g/mol. The molecule has 1 unspecified atom stereocenters. The summed E-state index contributed by atoms with van der Waals surface area (Å²) in [4.78, 5) is 18.6. The van der Waals surface area contributed by atoms with Crippen molar-refractivity contribution in [3.05, 3.63) is 35.9 Å². The van der Waals surface area contributed by atoms with E-state index in [9.17, 15) is 4.79 Å². The summed E-state index contributed by atoms with van der Waals surface area (Å²) in [6.07, 6.45) is 2.01. The summed E-state index contributed by atoms with van der Waals surface area (Å²) in [5, 5.41) is 6.79. The van der Waals surface area contributed by atoms with Gasteiger partial charge in [0.1, 0.15) is 0 Å². The number of guanidine groups is 1. The van der Waals surface area contributed by atoms with Gasteiger partial charge in [0.05, 0.1) is 6.54 Å². The normalized spacial score (nSPS) is 18.3. The first kappa shape index (κ1) is 18.6. The zero-order valence-corrected chi connectivity index (χ0v) is 15.4. The maximum Gasteiger partial charge on any atom is 0.239 e. The molecule has 1 fully saturated rings. The first-order valence-electron chi connectivity index (χ1n) is 8.60. The van der Waals surface area contributed by atoms with E-state index in [0.29, 0.717) is 11.8 Å². The second-order valence-electron chi connectivity index (χ2n) is 5.83. The molecule has 1 amide bonds. The van der Waals surface area contributed by atoms with Gasteiger partial charge in [0.25, 0.3) is 0 Å². The minimum atomic E-state index is 0.00510. The van der Waals surface area contributed by atoms with Crippen LogP contribution in [0.3, 0.4) is 0 Å². The van der Waals surface area contributed by atoms with E-state index in [0.717, 1.165) is 37.6 Å². The summed E-state index contributed by atoms with van der Waals surface area (Å²) >= 11 is 2.02. The molecular weight excluding hydrogens is 320 g/mol. The van der Waals surface area contributed by atoms with Crippen LogP contribution in [0.1, 0.15) is 18.9 Å². The summed E-state index contributed by atoms with van der Waals surface area (Å²) in [6, 6.07) is 10.2. The summed E-state index contributed by atoms with van der Waals surface area (Å²) in [7, 11) is 1.78. The maximum atomic E-state index is 12.0. The Hall–Kier alpha value is -1.69. The molecule has 0 spiro atoms. The zero-order chi connectivity index (χ0) is 17.2. The molecule has 1 saturated heterocycles. The van der Waals surface area contributed by atoms with E-state index in [-0.39, 0.29) is 12.5 Å². The molecule has 1 aromatic carbocycles. The maximum absolute atomic E-state index is 12.0. The number of carbonyl (C=O) groups is 1. The molecule has 1 atom stereocenters. The van der Waals surface area contributed by atoms with Crippen molar-refractivity contribution in [2.45, 2.75) is 25.0 Å². The lowest BCUT2D eigenvalue weighted by Gasteiger charge is -2.34. The fourth-order valence-corrected chi connectivity index (χ4v) is 3.88. The number of nitrogens with one attached hydrogen (secondary N) is 2. The van der Waals surface area contributed by atoms with Gasteiger partial charge < -0.3 is 15.5 Å². The van der Waals surface area contributed by atoms with Crippen molar-refractivity contribution in [2.75, 3.05) is 39.0 Å². The third-order valence-electron chi connectivity index (χ3n) is 4.09. The highest BCUT2D eigenvalue weighted by Crippen LogP contribution is 2.20. The van der Waals surface area contributed by atoms with Gasteiger partial charge in [-0.25, -0.2) is 0 Å². The number of hydrogen-bond acceptors (Lipinski definition) is 3. The van der Waals surface area contributed by atoms with Gasteiger partial charge in [-0.05, 0) is 18.4 Å². The van der Waals surface area contributed by atoms with E-state index in [1.807, 2.05) is 30.0 Å². The van der Waals surface area contributed by atoms with Gasteiger partial charge in [-0.1, -0.05) is 37.3 Å². The first-order valence-corrected chi connectivity index (χ1v) is 9.65. The molecule has 2 rings (SSSR count). The molecule has 5 nitrogen and oxygen atoms in total. The van der Waals surface area contributed by atoms with E-state index in [1.54, 1.807) is 7.05 Å². The SMILES string of the molecule is CCC1CN(C(=NC)NCC(=O)NCCc2ccccc2)CCS1. The molecule has 0 saturated carbocycles. The Labute approximate surface area is 149 Å². The smallest absolute Gasteiger partial charge is 0.239 e. The Kier molecular flexibility index (Phi) is 7.95. The Morgan fingerprint density at radius 2 is 2.12 bits per heavy atom. The Bertz CT molecular complexity index is 535. The van der Waals surface area contributed by atoms with Gasteiger partial charge in [0.15, 0.2) is 5.96 Å². The lowest BCUT2D eigenvalue weighted by atomic mass is 10.1. The second kappa shape index (κ2) is 10.2. The molecule has 132 valence electrons. The monoisotopic (exact) mass is 348 g/mol. The molecule has 0 radical (unpaired) electrons. The Morgan fingerprint density at radius 3 is 2.83 bits per heavy atom. The van der Waals surface area contributed by atoms with Crippen LogP contribution in [0.4, 0.5) is 0 Å². The summed E-state index contributed by atoms with van der Waals surface area (Å²) in [5.41, 5.74) is 1.23. The van der Waals surface area contributed by atoms with E-state index < -0.39 is 0 Å². The van der Waals surface area contributed by atoms with E-state index >= 15 is 0 Å². The van der Waals surface area contributed by atoms with Crippen molar-refractivity contribution in [2.24, 2.45) is 4.99 Å². The number of hydrogen-bond donors (Lipinski definition) is 2. The van der Waals surface area contributed by atoms with Crippen LogP contribution in [0, 0.1) is 0 Å². The summed E-state index contributed by atoms with van der Waals surface area (Å²) in [5.74, 6) is 1.94. The lowest BCUT2D eigenvalue weighted by Crippen LogP contribution is -2.50. The molecule has 0 aromatic heterocycles. The van der Waals surface area contributed by atoms with Crippen molar-refractivity contribution in [1.82, 2.24) is 15.5 Å². The van der Waals surface area contributed by atoms with E-state index in [4.69, 9.17) is 0 Å². The predicted octanol–water partition coefficient (Wildman–Crippen LogP) is 1.75. The van der Waals surface area contributed by atoms with Crippen molar-refractivity contribution < 1.29 is 4.79 Å². The largest absolute Gasteiger partial charge is 0.354 e. The van der Waals surface area contributed by atoms with E-state index in [2.05, 4.69) is 39.6 Å². The van der Waals surface area contributed by atoms with Gasteiger partial charge in [0, 0.05) is 37.7 Å². The highest BCUT2D eigenvalue weighted by molar-refractivity contribution is 8.00. The van der Waals surface area contributed by atoms with Gasteiger partial charge in [-0.3, -0.25) is 9.79 Å². The summed E-state index contributed by atoms with van der Waals surface area (Å²) < 4.78 is 0. The highest BCUT2D eigenvalue weighted by atomic mass is 32.2. The summed E-state index contributed by atoms with van der Waals surface area (Å²) in [6.45, 7) is 5.12. The number of aliphatic imine (C=N–C) groups is 1. The first-order chi connectivity index (χ1) is 11.7. The lowest BCUT2D eigenvalue weighted by molar-refractivity contribution is -0.120. The molecule has 1 aliphatic rings. The van der Waals surface area contributed by atoms with Crippen molar-refractivity contribution >= 4 is 23.6 Å². The van der Waals surface area contributed by atoms with E-state index in [1.165, 1.54) is 5.56 Å². The minimum Gasteiger partial charge on any atom is -0.354 e. The minimum absolute atomic E-state index is 0.00510. The third kappa shape index (κ3) is 6.07. The van der Waals surface area contributed by atoms with Gasteiger partial charge in [-0.2, -0.15) is 11.8 Å². The molecule has 24 heavy (non-hydrogen) atoms. The Morgan fingerprint density at radius 1 is 1.33 bits per heavy atom. The highest BCUT2D eigenvalue weighted by Gasteiger charge is 2.21. The molecule has 1 aliphatic heterocycles. The zero-order valence-electron chi connectivity index (χ0n) is 14.6. The Balaban J connectivity index is 1.69. The number of rotatable bonds is 6. The fraction of sp³-hybridized carbons (Fsp3) is 0.556. The molecule has 0 aliphatic carbocycles. The second-order valence-corrected chi connectivity index (χ2v) is 7.24. The van der Waals surface area contributed by atoms with Gasteiger partial charge >= 0.3 is 0 Å². The molecular formula is C18H28N4OS. The quantitative estimate of drug-likeness (QED) is 0.607. The fourth-order valence-electron chi connectivity index (χ4n) is 2.70. The van der Waals surface area contributed by atoms with Crippen LogP contribution >= 0.6 is 11.8 Å². The number of thioether (sulfide) groups is 1. The van der Waals surface area contributed by atoms with Crippen LogP contribution in [0.2, 0.25) is 0 Å². The standard InChI is InChI=1S/C18H28N4OS/c1-3-16-14-22(11-12-24-16)18(19-2)21-13-17(23)20-10-9-15-7-5-4-6-8-15/h4-8,16H,3,9-14H2,1-2H3,(H,19,21)(H,20,23). The number of amides is 1. The molecule has 0 bridgehead atoms. The van der Waals surface area contributed by atoms with Crippen molar-refractivity contribution in [1.29, 1.82) is 0 Å². The number of carbonyl (C=O) groups excluding carboxylic acids is 1. The molecule has 6 heteroatoms. The third-order valence-corrected chi connectivity index (χ3v) is 5.46. The molecule has 2 N–H and O–H groups in total. The van der Waals surface area contributed by atoms with Crippen molar-refractivity contribution in [3.8, 4) is 0 Å². The van der Waals surface area contributed by atoms with Crippen LogP contribution in [0.5, 0.6) is 0 Å². The van der Waals surface area contributed by atoms with Gasteiger partial charge in [0.2, 0.25) is 5.91 Å². The van der Waals surface area contributed by atoms with Crippen molar-refractivity contribution in [3.63, 3.8) is 0 Å². The van der Waals surface area contributed by atoms with Crippen LogP contribution in [-0.2, 0) is 11.2 Å². The molecule has 1 heterocycles. The predicted molar refractivity (Wildman–Crippen MR) is 103 cm³/mol. The van der Waals surface area contributed by atoms with Gasteiger partial charge in [-0.15, -0.1) is 0 Å². The van der Waals surface area contributed by atoms with Crippen LogP contribution in [-0.4, -0.2) is 61.0 Å². The van der Waals surface area contributed by atoms with Crippen LogP contribution < -0.4 is 10.6 Å². The van der Waals surface area contributed by atoms with Crippen LogP contribution in [0.15, 0.2) is 35.3 Å². The van der Waals surface area contributed by atoms with Crippen LogP contribution in [0.25, 0.3) is 0 Å². The topological polar surface area (TPSA) is 56.7 Å². The average Bonchev–Trinajstić information content (AvgIpc) is 2.63. The number of benzene rings is 1. The number of nitrogens with zero attached hydrogens (tertiary/aromatic N) is 2.